The van der Waals surface area contributed by atoms with E-state index in [1.165, 1.54) is 16.4 Å². The van der Waals surface area contributed by atoms with Crippen LogP contribution in [0.1, 0.15) is 27.2 Å². The third kappa shape index (κ3) is 2.77. The van der Waals surface area contributed by atoms with E-state index in [2.05, 4.69) is 20.8 Å². The molecule has 1 aliphatic rings. The molecule has 19 heavy (non-hydrogen) atoms. The van der Waals surface area contributed by atoms with E-state index in [0.717, 1.165) is 6.42 Å². The maximum Gasteiger partial charge on any atom is 0.246 e. The molecule has 1 aromatic carbocycles. The number of sulfonamides is 1. The Hall–Kier alpha value is -1.07. The predicted molar refractivity (Wildman–Crippen MR) is 74.4 cm³/mol. The molecule has 0 saturated carbocycles. The molecule has 1 aromatic rings. The van der Waals surface area contributed by atoms with Gasteiger partial charge in [-0.1, -0.05) is 32.9 Å². The highest BCUT2D eigenvalue weighted by molar-refractivity contribution is 7.89. The zero-order chi connectivity index (χ0) is 14.3. The molecule has 0 aliphatic carbocycles. The van der Waals surface area contributed by atoms with Crippen molar-refractivity contribution in [1.82, 2.24) is 4.31 Å². The topological polar surface area (TPSA) is 57.6 Å². The summed E-state index contributed by atoms with van der Waals surface area (Å²) in [6, 6.07) is 6.11. The minimum atomic E-state index is -3.58. The number of nitrogens with zero attached hydrogens (tertiary/aromatic N) is 1. The summed E-state index contributed by atoms with van der Waals surface area (Å²) >= 11 is 0. The van der Waals surface area contributed by atoms with Gasteiger partial charge in [-0.15, -0.1) is 0 Å². The van der Waals surface area contributed by atoms with Crippen LogP contribution in [0.4, 0.5) is 0 Å². The molecule has 5 heteroatoms. The summed E-state index contributed by atoms with van der Waals surface area (Å²) in [6.45, 7) is 7.45. The van der Waals surface area contributed by atoms with E-state index in [1.807, 2.05) is 0 Å². The van der Waals surface area contributed by atoms with Crippen LogP contribution in [-0.4, -0.2) is 30.9 Å². The first kappa shape index (κ1) is 14.3. The second-order valence-electron chi connectivity index (χ2n) is 6.18. The molecule has 1 heterocycles. The van der Waals surface area contributed by atoms with Crippen molar-refractivity contribution in [2.24, 2.45) is 11.3 Å². The summed E-state index contributed by atoms with van der Waals surface area (Å²) in [5.41, 5.74) is 0.100. The Kier molecular flexibility index (Phi) is 3.62. The average Bonchev–Trinajstić information content (AvgIpc) is 2.78. The van der Waals surface area contributed by atoms with Crippen molar-refractivity contribution >= 4 is 10.0 Å². The largest absolute Gasteiger partial charge is 0.507 e. The minimum absolute atomic E-state index is 0.00422. The lowest BCUT2D eigenvalue weighted by Crippen LogP contribution is -2.31. The van der Waals surface area contributed by atoms with Crippen LogP contribution >= 0.6 is 0 Å². The summed E-state index contributed by atoms with van der Waals surface area (Å²) < 4.78 is 26.5. The number of hydrogen-bond acceptors (Lipinski definition) is 3. The number of phenolic OH excluding ortho intramolecular Hbond substituents is 1. The van der Waals surface area contributed by atoms with E-state index in [4.69, 9.17) is 0 Å². The van der Waals surface area contributed by atoms with Gasteiger partial charge in [0.1, 0.15) is 10.6 Å². The molecule has 2 rings (SSSR count). The Balaban J connectivity index is 2.26. The van der Waals surface area contributed by atoms with Gasteiger partial charge in [-0.2, -0.15) is 4.31 Å². The Morgan fingerprint density at radius 1 is 1.26 bits per heavy atom. The molecule has 106 valence electrons. The average molecular weight is 283 g/mol. The number of aromatic hydroxyl groups is 1. The summed E-state index contributed by atoms with van der Waals surface area (Å²) in [6.07, 6.45) is 0.871. The predicted octanol–water partition coefficient (Wildman–Crippen LogP) is 2.45. The van der Waals surface area contributed by atoms with Crippen LogP contribution < -0.4 is 0 Å². The van der Waals surface area contributed by atoms with Gasteiger partial charge in [-0.05, 0) is 29.9 Å². The standard InChI is InChI=1S/C14H21NO3S/c1-14(2,3)11-8-9-15(10-11)19(17,18)13-7-5-4-6-12(13)16/h4-7,11,16H,8-10H2,1-3H3. The Morgan fingerprint density at radius 3 is 2.42 bits per heavy atom. The molecular weight excluding hydrogens is 262 g/mol. The summed E-state index contributed by atoms with van der Waals surface area (Å²) in [4.78, 5) is 0.00422. The Morgan fingerprint density at radius 2 is 1.89 bits per heavy atom. The normalized spacial score (nSPS) is 21.7. The van der Waals surface area contributed by atoms with Gasteiger partial charge in [-0.3, -0.25) is 0 Å². The summed E-state index contributed by atoms with van der Waals surface area (Å²) in [5.74, 6) is 0.176. The first-order valence-corrected chi connectivity index (χ1v) is 7.95. The molecule has 0 aromatic heterocycles. The van der Waals surface area contributed by atoms with Gasteiger partial charge in [-0.25, -0.2) is 8.42 Å². The van der Waals surface area contributed by atoms with E-state index in [0.29, 0.717) is 19.0 Å². The highest BCUT2D eigenvalue weighted by Crippen LogP contribution is 2.36. The van der Waals surface area contributed by atoms with Gasteiger partial charge in [0, 0.05) is 13.1 Å². The van der Waals surface area contributed by atoms with E-state index >= 15 is 0 Å². The molecular formula is C14H21NO3S. The van der Waals surface area contributed by atoms with Crippen LogP contribution in [0, 0.1) is 11.3 Å². The molecule has 1 saturated heterocycles. The highest BCUT2D eigenvalue weighted by Gasteiger charge is 2.38. The van der Waals surface area contributed by atoms with Crippen LogP contribution in [0.15, 0.2) is 29.2 Å². The maximum atomic E-state index is 12.5. The van der Waals surface area contributed by atoms with Crippen molar-refractivity contribution < 1.29 is 13.5 Å². The molecule has 1 fully saturated rings. The van der Waals surface area contributed by atoms with Crippen molar-refractivity contribution in [1.29, 1.82) is 0 Å². The lowest BCUT2D eigenvalue weighted by Gasteiger charge is -2.26. The fourth-order valence-corrected chi connectivity index (χ4v) is 4.05. The lowest BCUT2D eigenvalue weighted by molar-refractivity contribution is 0.252. The van der Waals surface area contributed by atoms with Crippen LogP contribution in [0.2, 0.25) is 0 Å². The van der Waals surface area contributed by atoms with Gasteiger partial charge < -0.3 is 5.11 Å². The molecule has 1 N–H and O–H groups in total. The molecule has 1 aliphatic heterocycles. The molecule has 0 radical (unpaired) electrons. The fraction of sp³-hybridized carbons (Fsp3) is 0.571. The number of phenols is 1. The molecule has 1 atom stereocenters. The molecule has 0 spiro atoms. The van der Waals surface area contributed by atoms with E-state index in [1.54, 1.807) is 12.1 Å². The maximum absolute atomic E-state index is 12.5. The van der Waals surface area contributed by atoms with Crippen LogP contribution in [0.3, 0.4) is 0 Å². The third-order valence-corrected chi connectivity index (χ3v) is 5.77. The number of para-hydroxylation sites is 1. The van der Waals surface area contributed by atoms with Crippen LogP contribution in [0.5, 0.6) is 5.75 Å². The zero-order valence-corrected chi connectivity index (χ0v) is 12.4. The molecule has 1 unspecified atom stereocenters. The fourth-order valence-electron chi connectivity index (χ4n) is 2.47. The minimum Gasteiger partial charge on any atom is -0.507 e. The quantitative estimate of drug-likeness (QED) is 0.907. The summed E-state index contributed by atoms with van der Waals surface area (Å²) in [7, 11) is -3.58. The van der Waals surface area contributed by atoms with Gasteiger partial charge in [0.25, 0.3) is 0 Å². The third-order valence-electron chi connectivity index (χ3n) is 3.86. The SMILES string of the molecule is CC(C)(C)C1CCN(S(=O)(=O)c2ccccc2O)C1. The number of hydrogen-bond donors (Lipinski definition) is 1. The van der Waals surface area contributed by atoms with Crippen molar-refractivity contribution in [3.05, 3.63) is 24.3 Å². The van der Waals surface area contributed by atoms with Gasteiger partial charge in [0.05, 0.1) is 0 Å². The molecule has 0 amide bonds. The van der Waals surface area contributed by atoms with Crippen molar-refractivity contribution in [2.75, 3.05) is 13.1 Å². The van der Waals surface area contributed by atoms with Gasteiger partial charge >= 0.3 is 0 Å². The van der Waals surface area contributed by atoms with E-state index < -0.39 is 10.0 Å². The monoisotopic (exact) mass is 283 g/mol. The van der Waals surface area contributed by atoms with Crippen molar-refractivity contribution in [3.8, 4) is 5.75 Å². The Bertz CT molecular complexity index is 560. The number of rotatable bonds is 2. The van der Waals surface area contributed by atoms with E-state index in [9.17, 15) is 13.5 Å². The van der Waals surface area contributed by atoms with Crippen molar-refractivity contribution in [2.45, 2.75) is 32.1 Å². The van der Waals surface area contributed by atoms with Gasteiger partial charge in [0.15, 0.2) is 0 Å². The smallest absolute Gasteiger partial charge is 0.246 e. The second kappa shape index (κ2) is 4.80. The van der Waals surface area contributed by atoms with E-state index in [-0.39, 0.29) is 16.1 Å². The molecule has 4 nitrogen and oxygen atoms in total. The highest BCUT2D eigenvalue weighted by atomic mass is 32.2. The van der Waals surface area contributed by atoms with Crippen LogP contribution in [0.25, 0.3) is 0 Å². The molecule has 0 bridgehead atoms. The zero-order valence-electron chi connectivity index (χ0n) is 11.6. The lowest BCUT2D eigenvalue weighted by atomic mass is 9.80. The first-order valence-electron chi connectivity index (χ1n) is 6.51. The number of benzene rings is 1. The van der Waals surface area contributed by atoms with Crippen molar-refractivity contribution in [3.63, 3.8) is 0 Å². The van der Waals surface area contributed by atoms with Gasteiger partial charge in [0.2, 0.25) is 10.0 Å². The Labute approximate surface area is 115 Å². The second-order valence-corrected chi connectivity index (χ2v) is 8.09. The van der Waals surface area contributed by atoms with Crippen LogP contribution in [-0.2, 0) is 10.0 Å². The first-order chi connectivity index (χ1) is 8.73. The summed E-state index contributed by atoms with van der Waals surface area (Å²) in [5, 5.41) is 9.73.